The van der Waals surface area contributed by atoms with Crippen LogP contribution in [0.15, 0.2) is 35.5 Å². The Kier molecular flexibility index (Phi) is 4.55. The maximum atomic E-state index is 13.0. The minimum Gasteiger partial charge on any atom is -0.495 e. The van der Waals surface area contributed by atoms with Gasteiger partial charge in [0.25, 0.3) is 0 Å². The Labute approximate surface area is 153 Å². The van der Waals surface area contributed by atoms with E-state index >= 15 is 0 Å². The number of hydrogen-bond donors (Lipinski definition) is 0. The molecule has 1 saturated carbocycles. The minimum atomic E-state index is -0.000947. The topological polar surface area (TPSA) is 41.9 Å². The summed E-state index contributed by atoms with van der Waals surface area (Å²) in [5.74, 6) is 0.994. The fourth-order valence-corrected chi connectivity index (χ4v) is 4.56. The Morgan fingerprint density at radius 2 is 1.88 bits per heavy atom. The number of carbonyl (C=O) groups excluding carboxylic acids is 1. The van der Waals surface area contributed by atoms with Crippen LogP contribution in [-0.2, 0) is 4.79 Å². The molecule has 1 fully saturated rings. The molecule has 0 saturated heterocycles. The molecule has 1 amide bonds. The van der Waals surface area contributed by atoms with E-state index in [9.17, 15) is 4.79 Å². The first-order chi connectivity index (χ1) is 12.2. The van der Waals surface area contributed by atoms with Crippen molar-refractivity contribution in [1.82, 2.24) is 5.01 Å². The first-order valence-corrected chi connectivity index (χ1v) is 9.47. The maximum Gasteiger partial charge on any atom is 0.247 e. The van der Waals surface area contributed by atoms with Gasteiger partial charge in [-0.15, -0.1) is 0 Å². The maximum absolute atomic E-state index is 13.0. The monoisotopic (exact) mass is 358 g/mol. The fraction of sp³-hybridized carbons (Fsp3) is 0.500. The highest BCUT2D eigenvalue weighted by Gasteiger charge is 2.42. The SMILES string of the molecule is COc1ccc(C2=NN(C3CCCC3)C(=O)[C@H]3CC=CC[C@@H]23)cc1Cl. The average molecular weight is 359 g/mol. The number of hydrazone groups is 1. The molecule has 2 aliphatic carbocycles. The molecular weight excluding hydrogens is 336 g/mol. The second-order valence-electron chi connectivity index (χ2n) is 7.11. The Morgan fingerprint density at radius 3 is 2.56 bits per heavy atom. The first kappa shape index (κ1) is 16.6. The number of ether oxygens (including phenoxy) is 1. The molecule has 1 aliphatic heterocycles. The van der Waals surface area contributed by atoms with Gasteiger partial charge < -0.3 is 4.74 Å². The molecule has 3 aliphatic rings. The molecule has 1 aromatic carbocycles. The molecule has 132 valence electrons. The molecule has 2 atom stereocenters. The van der Waals surface area contributed by atoms with E-state index in [1.54, 1.807) is 12.1 Å². The second kappa shape index (κ2) is 6.83. The molecule has 1 heterocycles. The third-order valence-corrected chi connectivity index (χ3v) is 5.96. The van der Waals surface area contributed by atoms with E-state index in [0.29, 0.717) is 10.8 Å². The van der Waals surface area contributed by atoms with E-state index in [-0.39, 0.29) is 23.8 Å². The number of hydrogen-bond acceptors (Lipinski definition) is 3. The second-order valence-corrected chi connectivity index (χ2v) is 7.52. The van der Waals surface area contributed by atoms with E-state index in [0.717, 1.165) is 37.0 Å². The molecule has 0 spiro atoms. The molecule has 0 N–H and O–H groups in total. The summed E-state index contributed by atoms with van der Waals surface area (Å²) in [5.41, 5.74) is 1.98. The molecule has 5 heteroatoms. The highest BCUT2D eigenvalue weighted by Crippen LogP contribution is 2.38. The van der Waals surface area contributed by atoms with Crippen LogP contribution in [0.3, 0.4) is 0 Å². The predicted molar refractivity (Wildman–Crippen MR) is 99.0 cm³/mol. The Balaban J connectivity index is 1.76. The summed E-state index contributed by atoms with van der Waals surface area (Å²) in [6.45, 7) is 0. The van der Waals surface area contributed by atoms with Crippen LogP contribution in [0.4, 0.5) is 0 Å². The summed E-state index contributed by atoms with van der Waals surface area (Å²) in [5, 5.41) is 7.23. The lowest BCUT2D eigenvalue weighted by Crippen LogP contribution is -2.48. The van der Waals surface area contributed by atoms with E-state index < -0.39 is 0 Å². The molecule has 0 unspecified atom stereocenters. The van der Waals surface area contributed by atoms with Gasteiger partial charge in [0, 0.05) is 5.92 Å². The number of methoxy groups -OCH3 is 1. The first-order valence-electron chi connectivity index (χ1n) is 9.09. The summed E-state index contributed by atoms with van der Waals surface area (Å²) < 4.78 is 5.27. The van der Waals surface area contributed by atoms with Gasteiger partial charge in [-0.1, -0.05) is 36.6 Å². The van der Waals surface area contributed by atoms with Crippen molar-refractivity contribution in [3.8, 4) is 5.75 Å². The van der Waals surface area contributed by atoms with Crippen molar-refractivity contribution >= 4 is 23.2 Å². The van der Waals surface area contributed by atoms with Crippen LogP contribution in [0, 0.1) is 11.8 Å². The quantitative estimate of drug-likeness (QED) is 0.750. The van der Waals surface area contributed by atoms with E-state index in [2.05, 4.69) is 12.2 Å². The van der Waals surface area contributed by atoms with Crippen molar-refractivity contribution in [3.05, 3.63) is 40.9 Å². The van der Waals surface area contributed by atoms with E-state index in [4.69, 9.17) is 21.4 Å². The van der Waals surface area contributed by atoms with Gasteiger partial charge in [0.2, 0.25) is 5.91 Å². The van der Waals surface area contributed by atoms with Gasteiger partial charge in [0.15, 0.2) is 0 Å². The lowest BCUT2D eigenvalue weighted by atomic mass is 9.76. The van der Waals surface area contributed by atoms with Crippen molar-refractivity contribution in [2.75, 3.05) is 7.11 Å². The summed E-state index contributed by atoms with van der Waals surface area (Å²) in [4.78, 5) is 13.0. The van der Waals surface area contributed by atoms with Gasteiger partial charge in [0.05, 0.1) is 29.8 Å². The van der Waals surface area contributed by atoms with Crippen molar-refractivity contribution in [2.45, 2.75) is 44.6 Å². The van der Waals surface area contributed by atoms with Gasteiger partial charge in [-0.2, -0.15) is 5.10 Å². The zero-order chi connectivity index (χ0) is 17.4. The largest absolute Gasteiger partial charge is 0.495 e. The van der Waals surface area contributed by atoms with Crippen molar-refractivity contribution < 1.29 is 9.53 Å². The van der Waals surface area contributed by atoms with Crippen LogP contribution in [0.2, 0.25) is 5.02 Å². The number of fused-ring (bicyclic) bond motifs is 1. The Hall–Kier alpha value is -1.81. The molecule has 0 aromatic heterocycles. The van der Waals surface area contributed by atoms with Crippen LogP contribution >= 0.6 is 11.6 Å². The predicted octanol–water partition coefficient (Wildman–Crippen LogP) is 4.42. The molecule has 4 nitrogen and oxygen atoms in total. The average Bonchev–Trinajstić information content (AvgIpc) is 3.17. The van der Waals surface area contributed by atoms with Crippen LogP contribution < -0.4 is 4.74 Å². The fourth-order valence-electron chi connectivity index (χ4n) is 4.31. The van der Waals surface area contributed by atoms with Gasteiger partial charge in [-0.3, -0.25) is 4.79 Å². The standard InChI is InChI=1S/C20H23ClN2O2/c1-25-18-11-10-13(12-17(18)21)19-15-8-4-5-9-16(15)20(24)23(22-19)14-6-2-3-7-14/h4-5,10-12,14-16H,2-3,6-9H2,1H3/t15-,16+/m1/s1. The van der Waals surface area contributed by atoms with E-state index in [1.165, 1.54) is 12.8 Å². The number of nitrogens with zero attached hydrogens (tertiary/aromatic N) is 2. The van der Waals surface area contributed by atoms with Crippen molar-refractivity contribution in [1.29, 1.82) is 0 Å². The van der Waals surface area contributed by atoms with Crippen LogP contribution in [0.1, 0.15) is 44.1 Å². The van der Waals surface area contributed by atoms with Gasteiger partial charge in [0.1, 0.15) is 5.75 Å². The van der Waals surface area contributed by atoms with Crippen molar-refractivity contribution in [2.24, 2.45) is 16.9 Å². The molecule has 4 rings (SSSR count). The normalized spacial score (nSPS) is 26.6. The van der Waals surface area contributed by atoms with Crippen LogP contribution in [0.25, 0.3) is 0 Å². The van der Waals surface area contributed by atoms with Gasteiger partial charge >= 0.3 is 0 Å². The number of allylic oxidation sites excluding steroid dienone is 2. The Morgan fingerprint density at radius 1 is 1.16 bits per heavy atom. The minimum absolute atomic E-state index is 0.000947. The molecule has 0 bridgehead atoms. The van der Waals surface area contributed by atoms with Crippen LogP contribution in [-0.4, -0.2) is 29.8 Å². The smallest absolute Gasteiger partial charge is 0.247 e. The van der Waals surface area contributed by atoms with Crippen LogP contribution in [0.5, 0.6) is 5.75 Å². The third-order valence-electron chi connectivity index (χ3n) is 5.66. The summed E-state index contributed by atoms with van der Waals surface area (Å²) in [7, 11) is 1.61. The number of benzene rings is 1. The van der Waals surface area contributed by atoms with Crippen molar-refractivity contribution in [3.63, 3.8) is 0 Å². The molecular formula is C20H23ClN2O2. The zero-order valence-electron chi connectivity index (χ0n) is 14.5. The number of carbonyl (C=O) groups is 1. The van der Waals surface area contributed by atoms with Gasteiger partial charge in [-0.05, 0) is 49.4 Å². The summed E-state index contributed by atoms with van der Waals surface area (Å²) in [6, 6.07) is 6.05. The third kappa shape index (κ3) is 2.97. The molecule has 1 aromatic rings. The Bertz CT molecular complexity index is 737. The summed E-state index contributed by atoms with van der Waals surface area (Å²) in [6.07, 6.45) is 10.4. The zero-order valence-corrected chi connectivity index (χ0v) is 15.2. The van der Waals surface area contributed by atoms with Gasteiger partial charge in [-0.25, -0.2) is 5.01 Å². The highest BCUT2D eigenvalue weighted by atomic mass is 35.5. The lowest BCUT2D eigenvalue weighted by molar-refractivity contribution is -0.140. The van der Waals surface area contributed by atoms with E-state index in [1.807, 2.05) is 18.2 Å². The number of amides is 1. The summed E-state index contributed by atoms with van der Waals surface area (Å²) >= 11 is 6.34. The molecule has 0 radical (unpaired) electrons. The number of rotatable bonds is 3. The lowest BCUT2D eigenvalue weighted by Gasteiger charge is -2.39. The number of halogens is 1. The molecule has 25 heavy (non-hydrogen) atoms. The highest BCUT2D eigenvalue weighted by molar-refractivity contribution is 6.32.